The third kappa shape index (κ3) is 4.03. The van der Waals surface area contributed by atoms with Crippen molar-refractivity contribution < 1.29 is 9.53 Å². The number of nitrogens with two attached hydrogens (primary N) is 1. The van der Waals surface area contributed by atoms with E-state index in [0.29, 0.717) is 11.7 Å². The summed E-state index contributed by atoms with van der Waals surface area (Å²) in [5.41, 5.74) is 6.60. The number of carbonyl (C=O) groups excluding carboxylic acids is 1. The van der Waals surface area contributed by atoms with Crippen molar-refractivity contribution in [2.75, 3.05) is 11.9 Å². The number of anilines is 1. The van der Waals surface area contributed by atoms with Gasteiger partial charge in [0.05, 0.1) is 17.8 Å². The van der Waals surface area contributed by atoms with Crippen LogP contribution >= 0.6 is 11.3 Å². The number of nitrogens with zero attached hydrogens (tertiary/aromatic N) is 1. The average molecular weight is 305 g/mol. The van der Waals surface area contributed by atoms with Gasteiger partial charge in [-0.3, -0.25) is 4.79 Å². The van der Waals surface area contributed by atoms with Gasteiger partial charge < -0.3 is 15.8 Å². The van der Waals surface area contributed by atoms with Crippen LogP contribution in [0.4, 0.5) is 5.13 Å². The minimum atomic E-state index is -0.926. The smallest absolute Gasteiger partial charge is 0.245 e. The molecule has 1 aromatic carbocycles. The Balaban J connectivity index is 2.10. The summed E-state index contributed by atoms with van der Waals surface area (Å²) in [7, 11) is 0. The van der Waals surface area contributed by atoms with Crippen molar-refractivity contribution in [2.45, 2.75) is 26.3 Å². The standard InChI is InChI=1S/C15H19N3O2S/c1-4-20-11-7-5-10(6-8-11)12-9-21-14(17-12)18-13(19)15(2,3)16/h5-9H,4,16H2,1-3H3,(H,17,18,19). The lowest BCUT2D eigenvalue weighted by atomic mass is 10.1. The Morgan fingerprint density at radius 2 is 2.05 bits per heavy atom. The summed E-state index contributed by atoms with van der Waals surface area (Å²) < 4.78 is 5.40. The van der Waals surface area contributed by atoms with Crippen molar-refractivity contribution in [2.24, 2.45) is 5.73 Å². The summed E-state index contributed by atoms with van der Waals surface area (Å²) in [6.07, 6.45) is 0. The highest BCUT2D eigenvalue weighted by atomic mass is 32.1. The predicted octanol–water partition coefficient (Wildman–Crippen LogP) is 2.88. The largest absolute Gasteiger partial charge is 0.494 e. The van der Waals surface area contributed by atoms with Crippen LogP contribution in [0.15, 0.2) is 29.6 Å². The number of ether oxygens (including phenoxy) is 1. The van der Waals surface area contributed by atoms with Crippen LogP contribution in [-0.2, 0) is 4.79 Å². The maximum absolute atomic E-state index is 11.8. The van der Waals surface area contributed by atoms with Gasteiger partial charge in [0.2, 0.25) is 5.91 Å². The zero-order valence-electron chi connectivity index (χ0n) is 12.3. The normalized spacial score (nSPS) is 11.2. The molecule has 1 aromatic heterocycles. The first-order valence-electron chi connectivity index (χ1n) is 6.69. The zero-order chi connectivity index (χ0) is 15.5. The molecule has 0 aliphatic heterocycles. The Morgan fingerprint density at radius 3 is 2.62 bits per heavy atom. The van der Waals surface area contributed by atoms with Crippen LogP contribution in [0.3, 0.4) is 0 Å². The minimum Gasteiger partial charge on any atom is -0.494 e. The summed E-state index contributed by atoms with van der Waals surface area (Å²) in [5, 5.41) is 5.16. The number of amides is 1. The van der Waals surface area contributed by atoms with Crippen LogP contribution in [0.5, 0.6) is 5.75 Å². The molecule has 0 saturated heterocycles. The van der Waals surface area contributed by atoms with Gasteiger partial charge >= 0.3 is 0 Å². The number of rotatable bonds is 5. The molecular formula is C15H19N3O2S. The Hall–Kier alpha value is -1.92. The molecule has 3 N–H and O–H groups in total. The Kier molecular flexibility index (Phi) is 4.59. The van der Waals surface area contributed by atoms with Crippen molar-refractivity contribution >= 4 is 22.4 Å². The molecule has 0 fully saturated rings. The molecule has 0 spiro atoms. The van der Waals surface area contributed by atoms with Gasteiger partial charge in [-0.05, 0) is 45.0 Å². The molecule has 0 unspecified atom stereocenters. The van der Waals surface area contributed by atoms with E-state index in [4.69, 9.17) is 10.5 Å². The van der Waals surface area contributed by atoms with E-state index < -0.39 is 5.54 Å². The van der Waals surface area contributed by atoms with E-state index in [1.807, 2.05) is 36.6 Å². The fraction of sp³-hybridized carbons (Fsp3) is 0.333. The van der Waals surface area contributed by atoms with Gasteiger partial charge in [0, 0.05) is 10.9 Å². The van der Waals surface area contributed by atoms with E-state index in [-0.39, 0.29) is 5.91 Å². The first-order chi connectivity index (χ1) is 9.90. The predicted molar refractivity (Wildman–Crippen MR) is 85.6 cm³/mol. The van der Waals surface area contributed by atoms with E-state index in [0.717, 1.165) is 17.0 Å². The Morgan fingerprint density at radius 1 is 1.38 bits per heavy atom. The number of hydrogen-bond donors (Lipinski definition) is 2. The van der Waals surface area contributed by atoms with Crippen LogP contribution in [0.1, 0.15) is 20.8 Å². The molecule has 1 amide bonds. The second-order valence-electron chi connectivity index (χ2n) is 5.17. The lowest BCUT2D eigenvalue weighted by molar-refractivity contribution is -0.120. The molecule has 0 aliphatic rings. The van der Waals surface area contributed by atoms with Crippen molar-refractivity contribution in [1.82, 2.24) is 4.98 Å². The molecule has 5 nitrogen and oxygen atoms in total. The number of benzene rings is 1. The van der Waals surface area contributed by atoms with Crippen LogP contribution in [0.25, 0.3) is 11.3 Å². The first kappa shape index (κ1) is 15.5. The quantitative estimate of drug-likeness (QED) is 0.890. The molecule has 2 rings (SSSR count). The van der Waals surface area contributed by atoms with E-state index in [1.54, 1.807) is 13.8 Å². The van der Waals surface area contributed by atoms with Gasteiger partial charge in [-0.15, -0.1) is 11.3 Å². The monoisotopic (exact) mass is 305 g/mol. The molecule has 21 heavy (non-hydrogen) atoms. The van der Waals surface area contributed by atoms with Gasteiger partial charge in [0.15, 0.2) is 5.13 Å². The molecule has 2 aromatic rings. The number of nitrogens with one attached hydrogen (secondary N) is 1. The molecule has 0 aliphatic carbocycles. The summed E-state index contributed by atoms with van der Waals surface area (Å²) in [4.78, 5) is 16.2. The highest BCUT2D eigenvalue weighted by molar-refractivity contribution is 7.14. The third-order valence-electron chi connectivity index (χ3n) is 2.77. The van der Waals surface area contributed by atoms with Crippen molar-refractivity contribution in [1.29, 1.82) is 0 Å². The van der Waals surface area contributed by atoms with Crippen molar-refractivity contribution in [3.05, 3.63) is 29.6 Å². The molecule has 112 valence electrons. The van der Waals surface area contributed by atoms with Crippen LogP contribution < -0.4 is 15.8 Å². The second kappa shape index (κ2) is 6.24. The maximum Gasteiger partial charge on any atom is 0.245 e. The fourth-order valence-electron chi connectivity index (χ4n) is 1.61. The summed E-state index contributed by atoms with van der Waals surface area (Å²) in [6.45, 7) is 5.90. The number of carbonyl (C=O) groups is 1. The summed E-state index contributed by atoms with van der Waals surface area (Å²) in [5.74, 6) is 0.574. The first-order valence-corrected chi connectivity index (χ1v) is 7.57. The lowest BCUT2D eigenvalue weighted by Crippen LogP contribution is -2.45. The molecule has 6 heteroatoms. The highest BCUT2D eigenvalue weighted by Crippen LogP contribution is 2.26. The second-order valence-corrected chi connectivity index (χ2v) is 6.03. The van der Waals surface area contributed by atoms with Crippen LogP contribution in [-0.4, -0.2) is 23.0 Å². The number of aromatic nitrogens is 1. The molecular weight excluding hydrogens is 286 g/mol. The van der Waals surface area contributed by atoms with Crippen LogP contribution in [0, 0.1) is 0 Å². The molecule has 0 atom stereocenters. The van der Waals surface area contributed by atoms with Crippen LogP contribution in [0.2, 0.25) is 0 Å². The molecule has 0 radical (unpaired) electrons. The van der Waals surface area contributed by atoms with Gasteiger partial charge in [-0.2, -0.15) is 0 Å². The minimum absolute atomic E-state index is 0.255. The van der Waals surface area contributed by atoms with Gasteiger partial charge in [-0.25, -0.2) is 4.98 Å². The van der Waals surface area contributed by atoms with E-state index in [2.05, 4.69) is 10.3 Å². The molecule has 0 bridgehead atoms. The highest BCUT2D eigenvalue weighted by Gasteiger charge is 2.22. The summed E-state index contributed by atoms with van der Waals surface area (Å²) in [6, 6.07) is 7.69. The summed E-state index contributed by atoms with van der Waals surface area (Å²) >= 11 is 1.37. The maximum atomic E-state index is 11.8. The number of hydrogen-bond acceptors (Lipinski definition) is 5. The zero-order valence-corrected chi connectivity index (χ0v) is 13.2. The van der Waals surface area contributed by atoms with E-state index in [1.165, 1.54) is 11.3 Å². The molecule has 0 saturated carbocycles. The topological polar surface area (TPSA) is 77.2 Å². The Bertz CT molecular complexity index is 615. The fourth-order valence-corrected chi connectivity index (χ4v) is 2.33. The van der Waals surface area contributed by atoms with E-state index in [9.17, 15) is 4.79 Å². The van der Waals surface area contributed by atoms with Gasteiger partial charge in [0.25, 0.3) is 0 Å². The van der Waals surface area contributed by atoms with Crippen molar-refractivity contribution in [3.8, 4) is 17.0 Å². The third-order valence-corrected chi connectivity index (χ3v) is 3.53. The SMILES string of the molecule is CCOc1ccc(-c2csc(NC(=O)C(C)(C)N)n2)cc1. The van der Waals surface area contributed by atoms with E-state index >= 15 is 0 Å². The van der Waals surface area contributed by atoms with Crippen molar-refractivity contribution in [3.63, 3.8) is 0 Å². The molecule has 1 heterocycles. The average Bonchev–Trinajstić information content (AvgIpc) is 2.87. The lowest BCUT2D eigenvalue weighted by Gasteiger charge is -2.16. The van der Waals surface area contributed by atoms with Gasteiger partial charge in [-0.1, -0.05) is 0 Å². The Labute approximate surface area is 128 Å². The number of thiazole rings is 1. The van der Waals surface area contributed by atoms with Gasteiger partial charge in [0.1, 0.15) is 5.75 Å².